The predicted molar refractivity (Wildman–Crippen MR) is 121 cm³/mol. The monoisotopic (exact) mass is 488 g/mol. The number of halogens is 1. The molecule has 0 spiro atoms. The van der Waals surface area contributed by atoms with Crippen molar-refractivity contribution >= 4 is 41.7 Å². The van der Waals surface area contributed by atoms with Crippen molar-refractivity contribution in [1.82, 2.24) is 15.6 Å². The van der Waals surface area contributed by atoms with Crippen molar-refractivity contribution in [3.8, 4) is 0 Å². The van der Waals surface area contributed by atoms with Crippen LogP contribution in [0.25, 0.3) is 0 Å². The number of carbonyl (C=O) groups is 1. The summed E-state index contributed by atoms with van der Waals surface area (Å²) in [6, 6.07) is 4.32. The average Bonchev–Trinajstić information content (AvgIpc) is 2.65. The van der Waals surface area contributed by atoms with Gasteiger partial charge in [0.25, 0.3) is 0 Å². The molecule has 2 rings (SSSR count). The number of rotatable bonds is 6. The van der Waals surface area contributed by atoms with Gasteiger partial charge in [-0.3, -0.25) is 9.79 Å². The Kier molecular flexibility index (Phi) is 9.82. The van der Waals surface area contributed by atoms with Gasteiger partial charge in [-0.2, -0.15) is 0 Å². The number of pyridine rings is 1. The number of guanidine groups is 1. The molecule has 2 heterocycles. The molecule has 0 saturated carbocycles. The maximum Gasteiger partial charge on any atom is 0.222 e. The Morgan fingerprint density at radius 1 is 1.44 bits per heavy atom. The first-order chi connectivity index (χ1) is 12.4. The van der Waals surface area contributed by atoms with Crippen LogP contribution in [0.4, 0.5) is 5.82 Å². The van der Waals surface area contributed by atoms with E-state index in [-0.39, 0.29) is 35.8 Å². The second-order valence-corrected chi connectivity index (χ2v) is 7.28. The topological polar surface area (TPSA) is 95.6 Å². The number of primary amides is 1. The molecule has 0 radical (unpaired) electrons. The molecular weight excluding hydrogens is 455 g/mol. The number of hydrogen-bond donors (Lipinski definition) is 3. The lowest BCUT2D eigenvalue weighted by Crippen LogP contribution is -2.44. The third-order valence-electron chi connectivity index (χ3n) is 5.03. The number of aliphatic imine (C=N–C) groups is 1. The minimum Gasteiger partial charge on any atom is -0.369 e. The van der Waals surface area contributed by atoms with Crippen molar-refractivity contribution in [3.05, 3.63) is 23.9 Å². The largest absolute Gasteiger partial charge is 0.369 e. The zero-order valence-electron chi connectivity index (χ0n) is 16.7. The van der Waals surface area contributed by atoms with E-state index in [1.165, 1.54) is 0 Å². The lowest BCUT2D eigenvalue weighted by atomic mass is 9.97. The molecule has 1 aromatic rings. The Morgan fingerprint density at radius 3 is 2.81 bits per heavy atom. The Labute approximate surface area is 179 Å². The van der Waals surface area contributed by atoms with Gasteiger partial charge in [-0.05, 0) is 31.7 Å². The Morgan fingerprint density at radius 2 is 2.19 bits per heavy atom. The smallest absolute Gasteiger partial charge is 0.222 e. The summed E-state index contributed by atoms with van der Waals surface area (Å²) in [4.78, 5) is 22.6. The van der Waals surface area contributed by atoms with Crippen LogP contribution in [0.2, 0.25) is 0 Å². The summed E-state index contributed by atoms with van der Waals surface area (Å²) in [7, 11) is 1.77. The van der Waals surface area contributed by atoms with Crippen molar-refractivity contribution in [2.45, 2.75) is 46.2 Å². The van der Waals surface area contributed by atoms with Gasteiger partial charge in [0.05, 0.1) is 5.92 Å². The molecule has 2 atom stereocenters. The van der Waals surface area contributed by atoms with E-state index in [2.05, 4.69) is 52.3 Å². The number of nitrogens with one attached hydrogen (secondary N) is 2. The highest BCUT2D eigenvalue weighted by atomic mass is 127. The van der Waals surface area contributed by atoms with E-state index < -0.39 is 0 Å². The molecule has 0 bridgehead atoms. The summed E-state index contributed by atoms with van der Waals surface area (Å²) in [5, 5.41) is 6.77. The number of aromatic nitrogens is 1. The molecule has 0 aromatic carbocycles. The van der Waals surface area contributed by atoms with E-state index in [1.54, 1.807) is 13.2 Å². The molecule has 0 aliphatic carbocycles. The maximum absolute atomic E-state index is 11.6. The van der Waals surface area contributed by atoms with Gasteiger partial charge < -0.3 is 21.3 Å². The van der Waals surface area contributed by atoms with Crippen LogP contribution in [0.15, 0.2) is 23.3 Å². The quantitative estimate of drug-likeness (QED) is 0.324. The van der Waals surface area contributed by atoms with E-state index in [0.29, 0.717) is 25.0 Å². The Bertz CT molecular complexity index is 636. The Balaban J connectivity index is 0.00000364. The number of carbonyl (C=O) groups excluding carboxylic acids is 1. The van der Waals surface area contributed by atoms with Gasteiger partial charge in [-0.15, -0.1) is 24.0 Å². The minimum absolute atomic E-state index is 0. The minimum atomic E-state index is -0.224. The van der Waals surface area contributed by atoms with Crippen molar-refractivity contribution in [3.63, 3.8) is 0 Å². The first kappa shape index (κ1) is 23.5. The lowest BCUT2D eigenvalue weighted by molar-refractivity contribution is -0.122. The molecule has 4 N–H and O–H groups in total. The maximum atomic E-state index is 11.6. The first-order valence-corrected chi connectivity index (χ1v) is 9.37. The third-order valence-corrected chi connectivity index (χ3v) is 5.03. The fourth-order valence-corrected chi connectivity index (χ4v) is 3.01. The highest BCUT2D eigenvalue weighted by molar-refractivity contribution is 14.0. The molecule has 152 valence electrons. The lowest BCUT2D eigenvalue weighted by Gasteiger charge is -2.33. The summed E-state index contributed by atoms with van der Waals surface area (Å²) >= 11 is 0. The van der Waals surface area contributed by atoms with Crippen LogP contribution < -0.4 is 21.3 Å². The average molecular weight is 488 g/mol. The molecule has 27 heavy (non-hydrogen) atoms. The molecule has 1 aliphatic rings. The fraction of sp³-hybridized carbons (Fsp3) is 0.632. The van der Waals surface area contributed by atoms with Crippen LogP contribution in [-0.2, 0) is 11.3 Å². The van der Waals surface area contributed by atoms with Gasteiger partial charge in [0.15, 0.2) is 5.96 Å². The number of hydrogen-bond acceptors (Lipinski definition) is 4. The van der Waals surface area contributed by atoms with Gasteiger partial charge in [0, 0.05) is 44.5 Å². The van der Waals surface area contributed by atoms with E-state index >= 15 is 0 Å². The SMILES string of the molecule is CN=C(NCc1cccnc1N1CCCC(C(N)=O)C1)NC(C)C(C)C.I. The normalized spacial score (nSPS) is 18.6. The van der Waals surface area contributed by atoms with Gasteiger partial charge in [-0.25, -0.2) is 4.98 Å². The fourth-order valence-electron chi connectivity index (χ4n) is 3.01. The van der Waals surface area contributed by atoms with Gasteiger partial charge in [-0.1, -0.05) is 19.9 Å². The first-order valence-electron chi connectivity index (χ1n) is 9.37. The van der Waals surface area contributed by atoms with Crippen LogP contribution in [0.1, 0.15) is 39.2 Å². The molecule has 1 aliphatic heterocycles. The second-order valence-electron chi connectivity index (χ2n) is 7.28. The van der Waals surface area contributed by atoms with Crippen LogP contribution in [0, 0.1) is 11.8 Å². The molecule has 7 nitrogen and oxygen atoms in total. The highest BCUT2D eigenvalue weighted by Crippen LogP contribution is 2.24. The van der Waals surface area contributed by atoms with E-state index in [0.717, 1.165) is 36.7 Å². The third kappa shape index (κ3) is 6.82. The van der Waals surface area contributed by atoms with Gasteiger partial charge >= 0.3 is 0 Å². The number of anilines is 1. The van der Waals surface area contributed by atoms with Crippen LogP contribution in [0.5, 0.6) is 0 Å². The molecule has 1 saturated heterocycles. The summed E-state index contributed by atoms with van der Waals surface area (Å²) < 4.78 is 0. The number of amides is 1. The summed E-state index contributed by atoms with van der Waals surface area (Å²) in [5.74, 6) is 1.88. The van der Waals surface area contributed by atoms with Gasteiger partial charge in [0.2, 0.25) is 5.91 Å². The Hall–Kier alpha value is -1.58. The number of nitrogens with two attached hydrogens (primary N) is 1. The van der Waals surface area contributed by atoms with Crippen LogP contribution in [-0.4, -0.2) is 43.0 Å². The second kappa shape index (κ2) is 11.3. The molecule has 1 aromatic heterocycles. The summed E-state index contributed by atoms with van der Waals surface area (Å²) in [5.41, 5.74) is 6.59. The van der Waals surface area contributed by atoms with Crippen LogP contribution >= 0.6 is 24.0 Å². The summed E-state index contributed by atoms with van der Waals surface area (Å²) in [6.45, 7) is 8.64. The van der Waals surface area contributed by atoms with Crippen molar-refractivity contribution < 1.29 is 4.79 Å². The van der Waals surface area contributed by atoms with Crippen molar-refractivity contribution in [2.24, 2.45) is 22.6 Å². The number of piperidine rings is 1. The molecule has 8 heteroatoms. The van der Waals surface area contributed by atoms with Crippen molar-refractivity contribution in [2.75, 3.05) is 25.0 Å². The summed E-state index contributed by atoms with van der Waals surface area (Å²) in [6.07, 6.45) is 3.60. The molecule has 2 unspecified atom stereocenters. The van der Waals surface area contributed by atoms with E-state index in [4.69, 9.17) is 5.73 Å². The van der Waals surface area contributed by atoms with Gasteiger partial charge in [0.1, 0.15) is 5.82 Å². The highest BCUT2D eigenvalue weighted by Gasteiger charge is 2.26. The molecule has 1 fully saturated rings. The standard InChI is InChI=1S/C19H32N6O.HI/c1-13(2)14(3)24-19(21-4)23-11-15-7-5-9-22-18(15)25-10-6-8-16(12-25)17(20)26;/h5,7,9,13-14,16H,6,8,10-12H2,1-4H3,(H2,20,26)(H2,21,23,24);1H. The molecule has 1 amide bonds. The van der Waals surface area contributed by atoms with E-state index in [1.807, 2.05) is 6.07 Å². The number of nitrogens with zero attached hydrogens (tertiary/aromatic N) is 3. The van der Waals surface area contributed by atoms with E-state index in [9.17, 15) is 4.79 Å². The van der Waals surface area contributed by atoms with Crippen LogP contribution in [0.3, 0.4) is 0 Å². The molecular formula is C19H33IN6O. The van der Waals surface area contributed by atoms with Crippen molar-refractivity contribution in [1.29, 1.82) is 0 Å². The zero-order chi connectivity index (χ0) is 19.1. The zero-order valence-corrected chi connectivity index (χ0v) is 19.1. The predicted octanol–water partition coefficient (Wildman–Crippen LogP) is 2.11.